The number of nitrogens with zero attached hydrogens (tertiary/aromatic N) is 2. The number of fused-ring (bicyclic) bond motifs is 1. The van der Waals surface area contributed by atoms with Crippen LogP contribution in [-0.2, 0) is 16.0 Å². The van der Waals surface area contributed by atoms with Gasteiger partial charge in [0, 0.05) is 44.9 Å². The number of benzene rings is 1. The second kappa shape index (κ2) is 7.22. The summed E-state index contributed by atoms with van der Waals surface area (Å²) in [6.45, 7) is 5.67. The van der Waals surface area contributed by atoms with E-state index in [9.17, 15) is 4.79 Å². The van der Waals surface area contributed by atoms with Crippen LogP contribution >= 0.6 is 0 Å². The van der Waals surface area contributed by atoms with E-state index in [0.29, 0.717) is 12.6 Å². The van der Waals surface area contributed by atoms with E-state index in [1.54, 1.807) is 7.11 Å². The smallest absolute Gasteiger partial charge is 0.229 e. The molecule has 3 heterocycles. The third-order valence-electron chi connectivity index (χ3n) is 5.58. The Morgan fingerprint density at radius 2 is 2.04 bits per heavy atom. The summed E-state index contributed by atoms with van der Waals surface area (Å²) in [6.07, 6.45) is 1.86. The van der Waals surface area contributed by atoms with Gasteiger partial charge < -0.3 is 19.1 Å². The Balaban J connectivity index is 1.34. The highest BCUT2D eigenvalue weighted by atomic mass is 16.5. The summed E-state index contributed by atoms with van der Waals surface area (Å²) in [5.41, 5.74) is 1.09. The average Bonchev–Trinajstić information content (AvgIpc) is 3.21. The highest BCUT2D eigenvalue weighted by Crippen LogP contribution is 2.31. The third kappa shape index (κ3) is 3.46. The molecule has 1 amide bonds. The maximum atomic E-state index is 12.9. The predicted molar refractivity (Wildman–Crippen MR) is 93.1 cm³/mol. The number of hydrogen-bond donors (Lipinski definition) is 0. The highest BCUT2D eigenvalue weighted by Gasteiger charge is 2.33. The van der Waals surface area contributed by atoms with Crippen molar-refractivity contribution in [3.63, 3.8) is 0 Å². The fraction of sp³-hybridized carbons (Fsp3) is 0.632. The van der Waals surface area contributed by atoms with Gasteiger partial charge in [0.05, 0.1) is 19.6 Å². The van der Waals surface area contributed by atoms with Crippen molar-refractivity contribution in [3.05, 3.63) is 23.8 Å². The van der Waals surface area contributed by atoms with Crippen molar-refractivity contribution in [2.24, 2.45) is 5.92 Å². The van der Waals surface area contributed by atoms with Gasteiger partial charge in [-0.25, -0.2) is 0 Å². The van der Waals surface area contributed by atoms with E-state index in [0.717, 1.165) is 69.3 Å². The summed E-state index contributed by atoms with van der Waals surface area (Å²) >= 11 is 0. The largest absolute Gasteiger partial charge is 0.497 e. The first-order valence-electron chi connectivity index (χ1n) is 9.15. The molecule has 2 fully saturated rings. The molecule has 4 rings (SSSR count). The van der Waals surface area contributed by atoms with Crippen LogP contribution in [0.2, 0.25) is 0 Å². The van der Waals surface area contributed by atoms with Gasteiger partial charge in [0.2, 0.25) is 5.91 Å². The minimum atomic E-state index is -0.0812. The van der Waals surface area contributed by atoms with Crippen LogP contribution in [0.4, 0.5) is 0 Å². The van der Waals surface area contributed by atoms with Gasteiger partial charge >= 0.3 is 0 Å². The molecule has 0 unspecified atom stereocenters. The van der Waals surface area contributed by atoms with Gasteiger partial charge in [-0.15, -0.1) is 0 Å². The molecule has 6 heteroatoms. The number of ether oxygens (including phenoxy) is 3. The van der Waals surface area contributed by atoms with Gasteiger partial charge in [-0.2, -0.15) is 0 Å². The fourth-order valence-electron chi connectivity index (χ4n) is 4.01. The molecule has 0 saturated carbocycles. The van der Waals surface area contributed by atoms with Crippen molar-refractivity contribution >= 4 is 5.91 Å². The number of piperazine rings is 1. The lowest BCUT2D eigenvalue weighted by atomic mass is 9.95. The van der Waals surface area contributed by atoms with Crippen molar-refractivity contribution < 1.29 is 19.0 Å². The average molecular weight is 346 g/mol. The molecular weight excluding hydrogens is 320 g/mol. The zero-order valence-electron chi connectivity index (χ0n) is 14.8. The lowest BCUT2D eigenvalue weighted by Crippen LogP contribution is -2.54. The molecule has 0 bridgehead atoms. The molecule has 1 aromatic rings. The summed E-state index contributed by atoms with van der Waals surface area (Å²) in [5.74, 6) is 1.77. The Hall–Kier alpha value is -1.79. The van der Waals surface area contributed by atoms with Crippen molar-refractivity contribution in [2.45, 2.75) is 18.9 Å². The van der Waals surface area contributed by atoms with E-state index in [2.05, 4.69) is 4.90 Å². The zero-order valence-corrected chi connectivity index (χ0v) is 14.8. The van der Waals surface area contributed by atoms with Crippen molar-refractivity contribution in [3.8, 4) is 11.5 Å². The highest BCUT2D eigenvalue weighted by molar-refractivity contribution is 5.80. The van der Waals surface area contributed by atoms with Crippen molar-refractivity contribution in [1.29, 1.82) is 0 Å². The number of methoxy groups -OCH3 is 1. The lowest BCUT2D eigenvalue weighted by Gasteiger charge is -2.39. The van der Waals surface area contributed by atoms with E-state index in [-0.39, 0.29) is 11.8 Å². The van der Waals surface area contributed by atoms with Crippen LogP contribution < -0.4 is 9.47 Å². The second-order valence-corrected chi connectivity index (χ2v) is 7.06. The molecule has 1 aromatic carbocycles. The van der Waals surface area contributed by atoms with Crippen LogP contribution in [-0.4, -0.2) is 74.9 Å². The summed E-state index contributed by atoms with van der Waals surface area (Å²) in [6, 6.07) is 6.37. The summed E-state index contributed by atoms with van der Waals surface area (Å²) in [4.78, 5) is 17.4. The van der Waals surface area contributed by atoms with Gasteiger partial charge in [-0.05, 0) is 24.5 Å². The van der Waals surface area contributed by atoms with Gasteiger partial charge in [0.25, 0.3) is 0 Å². The molecular formula is C19H26N2O4. The topological polar surface area (TPSA) is 51.2 Å². The molecule has 0 N–H and O–H groups in total. The first-order valence-corrected chi connectivity index (χ1v) is 9.15. The Kier molecular flexibility index (Phi) is 4.81. The zero-order chi connectivity index (χ0) is 17.2. The minimum absolute atomic E-state index is 0.0812. The molecule has 0 radical (unpaired) electrons. The first-order chi connectivity index (χ1) is 12.2. The second-order valence-electron chi connectivity index (χ2n) is 7.06. The van der Waals surface area contributed by atoms with Crippen molar-refractivity contribution in [1.82, 2.24) is 9.80 Å². The molecule has 0 aromatic heterocycles. The van der Waals surface area contributed by atoms with E-state index in [1.807, 2.05) is 23.1 Å². The number of amides is 1. The number of carbonyl (C=O) groups excluding carboxylic acids is 1. The van der Waals surface area contributed by atoms with E-state index in [1.165, 1.54) is 0 Å². The molecule has 6 nitrogen and oxygen atoms in total. The van der Waals surface area contributed by atoms with Gasteiger partial charge in [-0.3, -0.25) is 9.69 Å². The first kappa shape index (κ1) is 16.7. The van der Waals surface area contributed by atoms with E-state index >= 15 is 0 Å². The molecule has 136 valence electrons. The fourth-order valence-corrected chi connectivity index (χ4v) is 4.01. The maximum Gasteiger partial charge on any atom is 0.229 e. The Bertz CT molecular complexity index is 622. The van der Waals surface area contributed by atoms with Crippen LogP contribution in [0, 0.1) is 5.92 Å². The predicted octanol–water partition coefficient (Wildman–Crippen LogP) is 1.18. The minimum Gasteiger partial charge on any atom is -0.497 e. The van der Waals surface area contributed by atoms with Crippen LogP contribution in [0.1, 0.15) is 12.0 Å². The Morgan fingerprint density at radius 3 is 2.76 bits per heavy atom. The summed E-state index contributed by atoms with van der Waals surface area (Å²) in [7, 11) is 1.65. The summed E-state index contributed by atoms with van der Waals surface area (Å²) < 4.78 is 16.6. The Morgan fingerprint density at radius 1 is 1.20 bits per heavy atom. The number of carbonyl (C=O) groups is 1. The molecule has 2 atom stereocenters. The molecule has 3 aliphatic heterocycles. The molecule has 2 saturated heterocycles. The summed E-state index contributed by atoms with van der Waals surface area (Å²) in [5, 5.41) is 0. The van der Waals surface area contributed by atoms with Crippen LogP contribution in [0.3, 0.4) is 0 Å². The molecule has 3 aliphatic rings. The SMILES string of the molecule is COc1ccc2c(c1)OC[C@@H](C(=O)N1CCN([C@H]3CCOC3)CC1)C2. The quantitative estimate of drug-likeness (QED) is 0.823. The molecule has 0 spiro atoms. The maximum absolute atomic E-state index is 12.9. The van der Waals surface area contributed by atoms with Gasteiger partial charge in [0.15, 0.2) is 0 Å². The lowest BCUT2D eigenvalue weighted by molar-refractivity contribution is -0.139. The normalized spacial score (nSPS) is 26.8. The molecule has 25 heavy (non-hydrogen) atoms. The third-order valence-corrected chi connectivity index (χ3v) is 5.58. The van der Waals surface area contributed by atoms with Crippen LogP contribution in [0.5, 0.6) is 11.5 Å². The van der Waals surface area contributed by atoms with E-state index in [4.69, 9.17) is 14.2 Å². The van der Waals surface area contributed by atoms with E-state index < -0.39 is 0 Å². The number of hydrogen-bond acceptors (Lipinski definition) is 5. The van der Waals surface area contributed by atoms with Crippen LogP contribution in [0.25, 0.3) is 0 Å². The van der Waals surface area contributed by atoms with Gasteiger partial charge in [-0.1, -0.05) is 6.07 Å². The van der Waals surface area contributed by atoms with Crippen molar-refractivity contribution in [2.75, 3.05) is 53.1 Å². The standard InChI is InChI=1S/C19H26N2O4/c1-23-17-3-2-14-10-15(12-25-18(14)11-17)19(22)21-7-5-20(6-8-21)16-4-9-24-13-16/h2-3,11,15-16H,4-10,12-13H2,1H3/t15-,16-/m0/s1. The van der Waals surface area contributed by atoms with Gasteiger partial charge in [0.1, 0.15) is 18.1 Å². The van der Waals surface area contributed by atoms with Crippen LogP contribution in [0.15, 0.2) is 18.2 Å². The monoisotopic (exact) mass is 346 g/mol. The molecule has 0 aliphatic carbocycles. The number of rotatable bonds is 3. The Labute approximate surface area is 148 Å².